The lowest BCUT2D eigenvalue weighted by Crippen LogP contribution is -2.33. The van der Waals surface area contributed by atoms with Gasteiger partial charge in [0.2, 0.25) is 0 Å². The second-order valence-corrected chi connectivity index (χ2v) is 5.22. The van der Waals surface area contributed by atoms with E-state index < -0.39 is 11.9 Å². The molecule has 1 saturated heterocycles. The number of aliphatic carboxylic acids is 1. The summed E-state index contributed by atoms with van der Waals surface area (Å²) >= 11 is 0. The predicted octanol–water partition coefficient (Wildman–Crippen LogP) is 1.62. The lowest BCUT2D eigenvalue weighted by atomic mass is 10.1. The molecule has 1 heterocycles. The summed E-state index contributed by atoms with van der Waals surface area (Å²) in [6, 6.07) is 5.83. The van der Waals surface area contributed by atoms with Crippen LogP contribution < -0.4 is 4.74 Å². The monoisotopic (exact) mass is 277 g/mol. The molecule has 1 fully saturated rings. The van der Waals surface area contributed by atoms with Crippen LogP contribution in [0, 0.1) is 19.8 Å². The number of rotatable bonds is 4. The minimum Gasteiger partial charge on any atom is -0.483 e. The number of carbonyl (C=O) groups excluding carboxylic acids is 1. The van der Waals surface area contributed by atoms with Crippen molar-refractivity contribution in [3.63, 3.8) is 0 Å². The summed E-state index contributed by atoms with van der Waals surface area (Å²) in [5.74, 6) is -0.739. The van der Waals surface area contributed by atoms with Gasteiger partial charge in [-0.15, -0.1) is 0 Å². The zero-order chi connectivity index (χ0) is 14.7. The SMILES string of the molecule is Cc1ccc(C)c(OCC(=O)N2CCC(C(=O)O)C2)c1. The summed E-state index contributed by atoms with van der Waals surface area (Å²) in [7, 11) is 0. The molecule has 1 aliphatic rings. The van der Waals surface area contributed by atoms with Gasteiger partial charge in [0, 0.05) is 13.1 Å². The molecular formula is C15H19NO4. The molecule has 1 N–H and O–H groups in total. The Morgan fingerprint density at radius 2 is 2.15 bits per heavy atom. The smallest absolute Gasteiger partial charge is 0.308 e. The maximum absolute atomic E-state index is 12.0. The first-order chi connectivity index (χ1) is 9.47. The standard InChI is InChI=1S/C15H19NO4/c1-10-3-4-11(2)13(7-10)20-9-14(17)16-6-5-12(8-16)15(18)19/h3-4,7,12H,5-6,8-9H2,1-2H3,(H,18,19). The quantitative estimate of drug-likeness (QED) is 0.908. The molecule has 1 atom stereocenters. The van der Waals surface area contributed by atoms with Crippen LogP contribution >= 0.6 is 0 Å². The van der Waals surface area contributed by atoms with Crippen molar-refractivity contribution in [2.45, 2.75) is 20.3 Å². The third-order valence-electron chi connectivity index (χ3n) is 3.58. The topological polar surface area (TPSA) is 66.8 Å². The van der Waals surface area contributed by atoms with Crippen LogP contribution in [0.2, 0.25) is 0 Å². The van der Waals surface area contributed by atoms with Crippen molar-refractivity contribution in [2.24, 2.45) is 5.92 Å². The first-order valence-corrected chi connectivity index (χ1v) is 6.68. The van der Waals surface area contributed by atoms with Gasteiger partial charge in [-0.05, 0) is 37.5 Å². The average molecular weight is 277 g/mol. The Hall–Kier alpha value is -2.04. The number of nitrogens with zero attached hydrogens (tertiary/aromatic N) is 1. The average Bonchev–Trinajstić information content (AvgIpc) is 2.89. The van der Waals surface area contributed by atoms with Gasteiger partial charge >= 0.3 is 5.97 Å². The molecule has 5 heteroatoms. The van der Waals surface area contributed by atoms with E-state index in [9.17, 15) is 9.59 Å². The molecule has 1 aromatic rings. The zero-order valence-corrected chi connectivity index (χ0v) is 11.8. The maximum Gasteiger partial charge on any atom is 0.308 e. The normalized spacial score (nSPS) is 18.1. The number of hydrogen-bond acceptors (Lipinski definition) is 3. The van der Waals surface area contributed by atoms with Gasteiger partial charge < -0.3 is 14.7 Å². The van der Waals surface area contributed by atoms with Crippen molar-refractivity contribution >= 4 is 11.9 Å². The van der Waals surface area contributed by atoms with E-state index in [4.69, 9.17) is 9.84 Å². The van der Waals surface area contributed by atoms with Crippen molar-refractivity contribution in [2.75, 3.05) is 19.7 Å². The number of carboxylic acid groups (broad SMARTS) is 1. The Balaban J connectivity index is 1.90. The van der Waals surface area contributed by atoms with Gasteiger partial charge in [-0.2, -0.15) is 0 Å². The number of carboxylic acids is 1. The lowest BCUT2D eigenvalue weighted by molar-refractivity contribution is -0.141. The first kappa shape index (κ1) is 14.4. The van der Waals surface area contributed by atoms with E-state index in [-0.39, 0.29) is 19.1 Å². The molecule has 1 aromatic carbocycles. The third kappa shape index (κ3) is 3.29. The number of aryl methyl sites for hydroxylation is 2. The van der Waals surface area contributed by atoms with Gasteiger partial charge in [-0.25, -0.2) is 0 Å². The number of likely N-dealkylation sites (tertiary alicyclic amines) is 1. The van der Waals surface area contributed by atoms with E-state index in [1.807, 2.05) is 32.0 Å². The molecule has 1 unspecified atom stereocenters. The second-order valence-electron chi connectivity index (χ2n) is 5.22. The molecular weight excluding hydrogens is 258 g/mol. The maximum atomic E-state index is 12.0. The van der Waals surface area contributed by atoms with Crippen molar-refractivity contribution < 1.29 is 19.4 Å². The number of carbonyl (C=O) groups is 2. The number of benzene rings is 1. The van der Waals surface area contributed by atoms with Crippen molar-refractivity contribution in [1.82, 2.24) is 4.90 Å². The molecule has 0 spiro atoms. The number of ether oxygens (including phenoxy) is 1. The molecule has 20 heavy (non-hydrogen) atoms. The van der Waals surface area contributed by atoms with Gasteiger partial charge in [-0.3, -0.25) is 9.59 Å². The minimum absolute atomic E-state index is 0.0450. The minimum atomic E-state index is -0.837. The molecule has 108 valence electrons. The highest BCUT2D eigenvalue weighted by Crippen LogP contribution is 2.20. The van der Waals surface area contributed by atoms with Gasteiger partial charge in [-0.1, -0.05) is 12.1 Å². The summed E-state index contributed by atoms with van der Waals surface area (Å²) in [6.45, 7) is 4.62. The van der Waals surface area contributed by atoms with Crippen LogP contribution in [0.1, 0.15) is 17.5 Å². The van der Waals surface area contributed by atoms with Crippen LogP contribution in [-0.2, 0) is 9.59 Å². The molecule has 0 aromatic heterocycles. The second kappa shape index (κ2) is 5.94. The molecule has 5 nitrogen and oxygen atoms in total. The number of amides is 1. The van der Waals surface area contributed by atoms with Crippen LogP contribution in [-0.4, -0.2) is 41.6 Å². The fourth-order valence-electron chi connectivity index (χ4n) is 2.28. The Morgan fingerprint density at radius 1 is 1.40 bits per heavy atom. The molecule has 0 bridgehead atoms. The molecule has 0 aliphatic carbocycles. The highest BCUT2D eigenvalue weighted by Gasteiger charge is 2.30. The van der Waals surface area contributed by atoms with E-state index in [0.717, 1.165) is 11.1 Å². The van der Waals surface area contributed by atoms with Crippen LogP contribution in [0.3, 0.4) is 0 Å². The number of hydrogen-bond donors (Lipinski definition) is 1. The highest BCUT2D eigenvalue weighted by molar-refractivity contribution is 5.80. The van der Waals surface area contributed by atoms with Crippen molar-refractivity contribution in [3.8, 4) is 5.75 Å². The van der Waals surface area contributed by atoms with Gasteiger partial charge in [0.1, 0.15) is 5.75 Å². The third-order valence-corrected chi connectivity index (χ3v) is 3.58. The largest absolute Gasteiger partial charge is 0.483 e. The summed E-state index contributed by atoms with van der Waals surface area (Å²) in [5.41, 5.74) is 2.05. The fourth-order valence-corrected chi connectivity index (χ4v) is 2.28. The van der Waals surface area contributed by atoms with E-state index in [0.29, 0.717) is 18.7 Å². The zero-order valence-electron chi connectivity index (χ0n) is 11.8. The van der Waals surface area contributed by atoms with Gasteiger partial charge in [0.25, 0.3) is 5.91 Å². The fraction of sp³-hybridized carbons (Fsp3) is 0.467. The van der Waals surface area contributed by atoms with E-state index in [2.05, 4.69) is 0 Å². The lowest BCUT2D eigenvalue weighted by Gasteiger charge is -2.17. The van der Waals surface area contributed by atoms with Crippen LogP contribution in [0.4, 0.5) is 0 Å². The molecule has 1 amide bonds. The Labute approximate surface area is 118 Å². The van der Waals surface area contributed by atoms with E-state index >= 15 is 0 Å². The summed E-state index contributed by atoms with van der Waals surface area (Å²) in [5, 5.41) is 8.92. The summed E-state index contributed by atoms with van der Waals surface area (Å²) < 4.78 is 5.55. The molecule has 0 radical (unpaired) electrons. The van der Waals surface area contributed by atoms with E-state index in [1.54, 1.807) is 4.90 Å². The first-order valence-electron chi connectivity index (χ1n) is 6.68. The molecule has 2 rings (SSSR count). The van der Waals surface area contributed by atoms with Crippen molar-refractivity contribution in [3.05, 3.63) is 29.3 Å². The molecule has 0 saturated carbocycles. The van der Waals surface area contributed by atoms with E-state index in [1.165, 1.54) is 0 Å². The summed E-state index contributed by atoms with van der Waals surface area (Å²) in [6.07, 6.45) is 0.518. The van der Waals surface area contributed by atoms with Crippen LogP contribution in [0.15, 0.2) is 18.2 Å². The van der Waals surface area contributed by atoms with Crippen LogP contribution in [0.25, 0.3) is 0 Å². The van der Waals surface area contributed by atoms with Gasteiger partial charge in [0.05, 0.1) is 5.92 Å². The summed E-state index contributed by atoms with van der Waals surface area (Å²) in [4.78, 5) is 24.4. The van der Waals surface area contributed by atoms with Crippen molar-refractivity contribution in [1.29, 1.82) is 0 Å². The Kier molecular flexibility index (Phi) is 4.27. The van der Waals surface area contributed by atoms with Gasteiger partial charge in [0.15, 0.2) is 6.61 Å². The Morgan fingerprint density at radius 3 is 2.80 bits per heavy atom. The van der Waals surface area contributed by atoms with Crippen LogP contribution in [0.5, 0.6) is 5.75 Å². The molecule has 1 aliphatic heterocycles. The highest BCUT2D eigenvalue weighted by atomic mass is 16.5. The Bertz CT molecular complexity index is 527. The predicted molar refractivity (Wildman–Crippen MR) is 73.7 cm³/mol.